The third-order valence-corrected chi connectivity index (χ3v) is 5.42. The molecule has 0 amide bonds. The maximum atomic E-state index is 9.60. The van der Waals surface area contributed by atoms with E-state index < -0.39 is 0 Å². The Bertz CT molecular complexity index is 761. The first-order chi connectivity index (χ1) is 13.1. The fourth-order valence-corrected chi connectivity index (χ4v) is 3.70. The molecule has 2 aromatic heterocycles. The Morgan fingerprint density at radius 3 is 2.85 bits per heavy atom. The summed E-state index contributed by atoms with van der Waals surface area (Å²) in [5, 5.41) is 20.4. The SMILES string of the molecule is Cc1n[nH]c(C)c1CCCNc1cc(C2CCOC2)nc(N2CC(O)C2)n1. The van der Waals surface area contributed by atoms with Crippen molar-refractivity contribution < 1.29 is 9.84 Å². The van der Waals surface area contributed by atoms with Gasteiger partial charge in [-0.15, -0.1) is 0 Å². The van der Waals surface area contributed by atoms with Gasteiger partial charge < -0.3 is 20.1 Å². The van der Waals surface area contributed by atoms with Crippen LogP contribution in [0.4, 0.5) is 11.8 Å². The van der Waals surface area contributed by atoms with Crippen LogP contribution in [0, 0.1) is 13.8 Å². The van der Waals surface area contributed by atoms with Gasteiger partial charge in [0, 0.05) is 43.9 Å². The number of aryl methyl sites for hydroxylation is 2. The summed E-state index contributed by atoms with van der Waals surface area (Å²) in [5.74, 6) is 1.88. The molecule has 2 aromatic rings. The minimum absolute atomic E-state index is 0.273. The van der Waals surface area contributed by atoms with E-state index in [0.717, 1.165) is 61.9 Å². The highest BCUT2D eigenvalue weighted by molar-refractivity contribution is 5.46. The van der Waals surface area contributed by atoms with Crippen LogP contribution in [0.5, 0.6) is 0 Å². The second-order valence-electron chi connectivity index (χ2n) is 7.54. The molecule has 0 saturated carbocycles. The van der Waals surface area contributed by atoms with Gasteiger partial charge in [-0.1, -0.05) is 0 Å². The highest BCUT2D eigenvalue weighted by atomic mass is 16.5. The van der Waals surface area contributed by atoms with Crippen LogP contribution in [0.3, 0.4) is 0 Å². The molecule has 8 heteroatoms. The van der Waals surface area contributed by atoms with Gasteiger partial charge >= 0.3 is 0 Å². The van der Waals surface area contributed by atoms with Gasteiger partial charge in [-0.2, -0.15) is 10.1 Å². The number of β-amino-alcohol motifs (C(OH)–C–C–N with tert-alkyl or cyclic N) is 1. The molecule has 2 aliphatic rings. The van der Waals surface area contributed by atoms with Gasteiger partial charge in [0.05, 0.1) is 24.1 Å². The van der Waals surface area contributed by atoms with Gasteiger partial charge in [-0.25, -0.2) is 4.98 Å². The third-order valence-electron chi connectivity index (χ3n) is 5.42. The number of anilines is 2. The Morgan fingerprint density at radius 2 is 2.19 bits per heavy atom. The minimum atomic E-state index is -0.273. The standard InChI is InChI=1S/C19H28N6O2/c1-12-16(13(2)24-23-12)4-3-6-20-18-8-17(14-5-7-27-11-14)21-19(22-18)25-9-15(26)10-25/h8,14-15,26H,3-7,9-11H2,1-2H3,(H,23,24)(H,20,21,22). The van der Waals surface area contributed by atoms with Gasteiger partial charge in [0.15, 0.2) is 0 Å². The van der Waals surface area contributed by atoms with E-state index in [1.54, 1.807) is 0 Å². The molecular formula is C19H28N6O2. The van der Waals surface area contributed by atoms with Crippen LogP contribution in [0.25, 0.3) is 0 Å². The highest BCUT2D eigenvalue weighted by Crippen LogP contribution is 2.28. The van der Waals surface area contributed by atoms with E-state index in [0.29, 0.717) is 25.0 Å². The number of aromatic amines is 1. The third kappa shape index (κ3) is 4.06. The average molecular weight is 372 g/mol. The van der Waals surface area contributed by atoms with Crippen molar-refractivity contribution in [1.29, 1.82) is 0 Å². The van der Waals surface area contributed by atoms with Crippen molar-refractivity contribution in [2.75, 3.05) is 43.1 Å². The normalized spacial score (nSPS) is 20.1. The summed E-state index contributed by atoms with van der Waals surface area (Å²) < 4.78 is 5.53. The second-order valence-corrected chi connectivity index (χ2v) is 7.54. The lowest BCUT2D eigenvalue weighted by Crippen LogP contribution is -2.51. The molecular weight excluding hydrogens is 344 g/mol. The molecule has 2 aliphatic heterocycles. The van der Waals surface area contributed by atoms with Crippen LogP contribution in [0.1, 0.15) is 41.4 Å². The molecule has 0 spiro atoms. The zero-order valence-corrected chi connectivity index (χ0v) is 16.0. The predicted octanol–water partition coefficient (Wildman–Crippen LogP) is 1.55. The zero-order chi connectivity index (χ0) is 18.8. The second kappa shape index (κ2) is 7.82. The van der Waals surface area contributed by atoms with E-state index >= 15 is 0 Å². The molecule has 3 N–H and O–H groups in total. The number of aliphatic hydroxyl groups is 1. The average Bonchev–Trinajstić information content (AvgIpc) is 3.27. The number of hydrogen-bond donors (Lipinski definition) is 3. The summed E-state index contributed by atoms with van der Waals surface area (Å²) in [5.41, 5.74) is 4.56. The summed E-state index contributed by atoms with van der Waals surface area (Å²) in [7, 11) is 0. The predicted molar refractivity (Wildman–Crippen MR) is 103 cm³/mol. The molecule has 4 rings (SSSR count). The Labute approximate surface area is 159 Å². The zero-order valence-electron chi connectivity index (χ0n) is 16.0. The van der Waals surface area contributed by atoms with Crippen molar-refractivity contribution in [1.82, 2.24) is 20.2 Å². The number of H-pyrrole nitrogens is 1. The van der Waals surface area contributed by atoms with Crippen LogP contribution in [0.2, 0.25) is 0 Å². The largest absolute Gasteiger partial charge is 0.389 e. The van der Waals surface area contributed by atoms with Gasteiger partial charge in [0.2, 0.25) is 5.95 Å². The van der Waals surface area contributed by atoms with Crippen molar-refractivity contribution in [2.24, 2.45) is 0 Å². The van der Waals surface area contributed by atoms with Crippen LogP contribution in [0.15, 0.2) is 6.07 Å². The Balaban J connectivity index is 1.41. The Hall–Kier alpha value is -2.19. The molecule has 0 aliphatic carbocycles. The van der Waals surface area contributed by atoms with Crippen LogP contribution in [-0.2, 0) is 11.2 Å². The molecule has 0 bridgehead atoms. The number of nitrogens with one attached hydrogen (secondary N) is 2. The summed E-state index contributed by atoms with van der Waals surface area (Å²) in [6.45, 7) is 7.66. The monoisotopic (exact) mass is 372 g/mol. The molecule has 4 heterocycles. The molecule has 27 heavy (non-hydrogen) atoms. The van der Waals surface area contributed by atoms with E-state index in [2.05, 4.69) is 27.4 Å². The first-order valence-electron chi connectivity index (χ1n) is 9.74. The molecule has 2 saturated heterocycles. The van der Waals surface area contributed by atoms with Crippen LogP contribution >= 0.6 is 0 Å². The smallest absolute Gasteiger partial charge is 0.227 e. The molecule has 1 unspecified atom stereocenters. The Morgan fingerprint density at radius 1 is 1.33 bits per heavy atom. The van der Waals surface area contributed by atoms with E-state index in [9.17, 15) is 5.11 Å². The molecule has 8 nitrogen and oxygen atoms in total. The van der Waals surface area contributed by atoms with Crippen LogP contribution in [-0.4, -0.2) is 64.2 Å². The summed E-state index contributed by atoms with van der Waals surface area (Å²) in [4.78, 5) is 11.4. The summed E-state index contributed by atoms with van der Waals surface area (Å²) in [6.07, 6.45) is 2.72. The van der Waals surface area contributed by atoms with Gasteiger partial charge in [-0.05, 0) is 38.7 Å². The first kappa shape index (κ1) is 18.2. The van der Waals surface area contributed by atoms with Crippen molar-refractivity contribution in [2.45, 2.75) is 45.1 Å². The highest BCUT2D eigenvalue weighted by Gasteiger charge is 2.28. The summed E-state index contributed by atoms with van der Waals surface area (Å²) >= 11 is 0. The van der Waals surface area contributed by atoms with Gasteiger partial charge in [0.25, 0.3) is 0 Å². The molecule has 0 radical (unpaired) electrons. The van der Waals surface area contributed by atoms with Crippen LogP contribution < -0.4 is 10.2 Å². The van der Waals surface area contributed by atoms with Gasteiger partial charge in [-0.3, -0.25) is 5.10 Å². The molecule has 1 atom stereocenters. The molecule has 0 aromatic carbocycles. The maximum absolute atomic E-state index is 9.60. The lowest BCUT2D eigenvalue weighted by Gasteiger charge is -2.36. The van der Waals surface area contributed by atoms with Gasteiger partial charge in [0.1, 0.15) is 5.82 Å². The lowest BCUT2D eigenvalue weighted by molar-refractivity contribution is 0.140. The summed E-state index contributed by atoms with van der Waals surface area (Å²) in [6, 6.07) is 2.05. The Kier molecular flexibility index (Phi) is 5.27. The number of nitrogens with zero attached hydrogens (tertiary/aromatic N) is 4. The van der Waals surface area contributed by atoms with Crippen molar-refractivity contribution in [3.8, 4) is 0 Å². The van der Waals surface area contributed by atoms with E-state index in [-0.39, 0.29) is 6.10 Å². The first-order valence-corrected chi connectivity index (χ1v) is 9.74. The number of aliphatic hydroxyl groups excluding tert-OH is 1. The van der Waals surface area contributed by atoms with E-state index in [4.69, 9.17) is 9.72 Å². The molecule has 146 valence electrons. The fourth-order valence-electron chi connectivity index (χ4n) is 3.70. The topological polar surface area (TPSA) is 99.2 Å². The lowest BCUT2D eigenvalue weighted by atomic mass is 10.0. The van der Waals surface area contributed by atoms with Crippen molar-refractivity contribution in [3.63, 3.8) is 0 Å². The fraction of sp³-hybridized carbons (Fsp3) is 0.632. The quantitative estimate of drug-likeness (QED) is 0.634. The number of hydrogen-bond acceptors (Lipinski definition) is 7. The molecule has 2 fully saturated rings. The van der Waals surface area contributed by atoms with E-state index in [1.165, 1.54) is 5.56 Å². The maximum Gasteiger partial charge on any atom is 0.227 e. The van der Waals surface area contributed by atoms with Crippen molar-refractivity contribution in [3.05, 3.63) is 28.7 Å². The number of rotatable bonds is 7. The van der Waals surface area contributed by atoms with Crippen molar-refractivity contribution >= 4 is 11.8 Å². The van der Waals surface area contributed by atoms with E-state index in [1.807, 2.05) is 17.9 Å². The minimum Gasteiger partial charge on any atom is -0.389 e. The number of ether oxygens (including phenoxy) is 1. The number of aromatic nitrogens is 4.